The van der Waals surface area contributed by atoms with Gasteiger partial charge in [0.1, 0.15) is 11.5 Å². The van der Waals surface area contributed by atoms with Crippen LogP contribution in [0.4, 0.5) is 8.78 Å². The number of fused-ring (bicyclic) bond motifs is 4. The number of hydrogen-bond donors (Lipinski definition) is 5. The number of aliphatic hydroxyl groups is 2. The molecule has 6 N–H and O–H groups in total. The number of carbonyl (C=O) groups excluding carboxylic acids is 2. The van der Waals surface area contributed by atoms with E-state index in [1.54, 1.807) is 24.3 Å². The second kappa shape index (κ2) is 13.3. The van der Waals surface area contributed by atoms with Crippen LogP contribution in [0.5, 0.6) is 23.0 Å². The Morgan fingerprint density at radius 2 is 1.49 bits per heavy atom. The molecule has 0 radical (unpaired) electrons. The minimum absolute atomic E-state index is 0.0869. The molecule has 5 aliphatic rings. The Morgan fingerprint density at radius 1 is 0.811 bits per heavy atom. The summed E-state index contributed by atoms with van der Waals surface area (Å²) in [5.41, 5.74) is 10.2. The number of alkyl halides is 2. The summed E-state index contributed by atoms with van der Waals surface area (Å²) in [5.74, 6) is 0.00967. The Kier molecular flexibility index (Phi) is 8.75. The Bertz CT molecular complexity index is 2070. The summed E-state index contributed by atoms with van der Waals surface area (Å²) in [5, 5.41) is 26.1. The van der Waals surface area contributed by atoms with Crippen molar-refractivity contribution >= 4 is 11.8 Å². The maximum atomic E-state index is 13.8. The van der Waals surface area contributed by atoms with E-state index in [-0.39, 0.29) is 36.0 Å². The van der Waals surface area contributed by atoms with Gasteiger partial charge in [-0.1, -0.05) is 54.6 Å². The quantitative estimate of drug-likeness (QED) is 0.194. The molecular weight excluding hydrogens is 688 g/mol. The van der Waals surface area contributed by atoms with Crippen molar-refractivity contribution in [1.82, 2.24) is 10.6 Å². The lowest BCUT2D eigenvalue weighted by Gasteiger charge is -2.34. The van der Waals surface area contributed by atoms with Crippen LogP contribution in [-0.2, 0) is 27.8 Å². The predicted molar refractivity (Wildman–Crippen MR) is 187 cm³/mol. The van der Waals surface area contributed by atoms with Crippen molar-refractivity contribution in [1.29, 1.82) is 0 Å². The highest BCUT2D eigenvalue weighted by Gasteiger charge is 2.53. The minimum Gasteiger partial charge on any atom is -0.497 e. The Balaban J connectivity index is 0.000000310. The molecule has 11 nitrogen and oxygen atoms in total. The maximum Gasteiger partial charge on any atom is 0.586 e. The summed E-state index contributed by atoms with van der Waals surface area (Å²) < 4.78 is 47.7. The SMILES string of the molecule is COc1ccc2c(c1)OC(C(=O)NC1c3ccccc3CC1O)CC2NC(=O)C1(c2ccc3c(c2)OC(F)(F)O3)CC1.NC1c2ccccc2CC1O. The number of ether oxygens (including phenoxy) is 4. The first kappa shape index (κ1) is 34.8. The van der Waals surface area contributed by atoms with Crippen LogP contribution in [0.2, 0.25) is 0 Å². The van der Waals surface area contributed by atoms with Gasteiger partial charge in [-0.3, -0.25) is 9.59 Å². The van der Waals surface area contributed by atoms with Crippen molar-refractivity contribution in [2.24, 2.45) is 5.73 Å². The first-order valence-corrected chi connectivity index (χ1v) is 17.6. The highest BCUT2D eigenvalue weighted by atomic mass is 19.3. The zero-order chi connectivity index (χ0) is 37.1. The van der Waals surface area contributed by atoms with E-state index in [0.717, 1.165) is 16.7 Å². The Hall–Kier alpha value is -5.24. The molecule has 1 saturated carbocycles. The molecule has 0 saturated heterocycles. The molecule has 6 atom stereocenters. The largest absolute Gasteiger partial charge is 0.586 e. The average Bonchev–Trinajstić information content (AvgIpc) is 3.73. The van der Waals surface area contributed by atoms with Gasteiger partial charge in [-0.25, -0.2) is 0 Å². The Morgan fingerprint density at radius 3 is 2.21 bits per heavy atom. The summed E-state index contributed by atoms with van der Waals surface area (Å²) in [7, 11) is 1.52. The third-order valence-electron chi connectivity index (χ3n) is 10.8. The van der Waals surface area contributed by atoms with E-state index >= 15 is 0 Å². The van der Waals surface area contributed by atoms with Crippen LogP contribution in [0, 0.1) is 0 Å². The van der Waals surface area contributed by atoms with Crippen molar-refractivity contribution < 1.29 is 47.5 Å². The monoisotopic (exact) mass is 727 g/mol. The third kappa shape index (κ3) is 6.53. The van der Waals surface area contributed by atoms with Crippen molar-refractivity contribution in [2.45, 2.75) is 80.3 Å². The molecule has 53 heavy (non-hydrogen) atoms. The molecule has 2 aliphatic heterocycles. The topological polar surface area (TPSA) is 162 Å². The lowest BCUT2D eigenvalue weighted by atomic mass is 9.91. The number of amides is 2. The van der Waals surface area contributed by atoms with E-state index in [1.807, 2.05) is 48.5 Å². The van der Waals surface area contributed by atoms with Crippen LogP contribution in [0.15, 0.2) is 84.9 Å². The number of aliphatic hydroxyl groups excluding tert-OH is 2. The van der Waals surface area contributed by atoms with Gasteiger partial charge in [0.05, 0.1) is 42.9 Å². The van der Waals surface area contributed by atoms with Gasteiger partial charge in [-0.05, 0) is 64.9 Å². The number of carbonyl (C=O) groups is 2. The van der Waals surface area contributed by atoms with Gasteiger partial charge in [-0.15, -0.1) is 8.78 Å². The van der Waals surface area contributed by atoms with E-state index in [0.29, 0.717) is 48.3 Å². The molecule has 276 valence electrons. The number of methoxy groups -OCH3 is 1. The molecule has 1 fully saturated rings. The van der Waals surface area contributed by atoms with Gasteiger partial charge in [0.25, 0.3) is 5.91 Å². The zero-order valence-electron chi connectivity index (χ0n) is 28.8. The predicted octanol–water partition coefficient (Wildman–Crippen LogP) is 4.43. The van der Waals surface area contributed by atoms with Crippen LogP contribution in [0.1, 0.15) is 70.8 Å². The first-order chi connectivity index (χ1) is 25.4. The van der Waals surface area contributed by atoms with Crippen molar-refractivity contribution in [3.63, 3.8) is 0 Å². The molecule has 2 amide bonds. The smallest absolute Gasteiger partial charge is 0.497 e. The van der Waals surface area contributed by atoms with Gasteiger partial charge in [0.2, 0.25) is 5.91 Å². The molecule has 3 aliphatic carbocycles. The highest BCUT2D eigenvalue weighted by molar-refractivity contribution is 5.92. The molecule has 13 heteroatoms. The molecule has 4 aromatic carbocycles. The van der Waals surface area contributed by atoms with Crippen LogP contribution < -0.4 is 35.3 Å². The highest BCUT2D eigenvalue weighted by Crippen LogP contribution is 2.52. The van der Waals surface area contributed by atoms with Crippen LogP contribution in [-0.4, -0.2) is 53.7 Å². The molecule has 2 heterocycles. The van der Waals surface area contributed by atoms with Gasteiger partial charge in [-0.2, -0.15) is 0 Å². The molecule has 0 bridgehead atoms. The van der Waals surface area contributed by atoms with Crippen molar-refractivity contribution in [3.8, 4) is 23.0 Å². The third-order valence-corrected chi connectivity index (χ3v) is 10.8. The van der Waals surface area contributed by atoms with E-state index in [1.165, 1.54) is 24.8 Å². The lowest BCUT2D eigenvalue weighted by Crippen LogP contribution is -2.47. The molecular formula is C40H39F2N3O8. The van der Waals surface area contributed by atoms with Gasteiger partial charge < -0.3 is 45.5 Å². The van der Waals surface area contributed by atoms with E-state index in [4.69, 9.17) is 15.2 Å². The lowest BCUT2D eigenvalue weighted by molar-refractivity contribution is -0.286. The number of halogens is 2. The minimum atomic E-state index is -3.75. The first-order valence-electron chi connectivity index (χ1n) is 17.6. The normalized spacial score (nSPS) is 26.1. The molecule has 6 unspecified atom stereocenters. The number of benzene rings is 4. The van der Waals surface area contributed by atoms with Crippen molar-refractivity contribution in [2.75, 3.05) is 7.11 Å². The summed E-state index contributed by atoms with van der Waals surface area (Å²) in [6.07, 6.45) is -3.53. The summed E-state index contributed by atoms with van der Waals surface area (Å²) >= 11 is 0. The van der Waals surface area contributed by atoms with Crippen LogP contribution in [0.3, 0.4) is 0 Å². The van der Waals surface area contributed by atoms with E-state index in [9.17, 15) is 28.6 Å². The second-order valence-corrected chi connectivity index (χ2v) is 14.1. The van der Waals surface area contributed by atoms with Gasteiger partial charge in [0, 0.05) is 30.9 Å². The molecule has 0 spiro atoms. The number of rotatable bonds is 6. The summed E-state index contributed by atoms with van der Waals surface area (Å²) in [6, 6.07) is 23.8. The van der Waals surface area contributed by atoms with E-state index in [2.05, 4.69) is 20.1 Å². The standard InChI is InChI=1S/C31H28F2N2O7.C9H11NO/c1-39-18-7-8-20-21(34-29(38)30(10-11-30)17-6-9-23-25(13-17)42-31(32,33)41-23)15-26(40-24(20)14-18)28(37)35-27-19-5-3-2-4-16(19)12-22(27)36;10-9-7-4-2-1-3-6(7)5-8(9)11/h2-9,13-14,21-22,26-27,36H,10-12,15H2,1H3,(H,34,38)(H,35,37);1-4,8-9,11H,5,10H2. The summed E-state index contributed by atoms with van der Waals surface area (Å²) in [4.78, 5) is 27.3. The number of hydrogen-bond acceptors (Lipinski definition) is 9. The molecule has 4 aromatic rings. The second-order valence-electron chi connectivity index (χ2n) is 14.1. The van der Waals surface area contributed by atoms with Crippen LogP contribution >= 0.6 is 0 Å². The van der Waals surface area contributed by atoms with E-state index < -0.39 is 41.9 Å². The van der Waals surface area contributed by atoms with Gasteiger partial charge in [0.15, 0.2) is 17.6 Å². The fourth-order valence-corrected chi connectivity index (χ4v) is 7.79. The number of nitrogens with two attached hydrogens (primary N) is 1. The number of nitrogens with one attached hydrogen (secondary N) is 2. The van der Waals surface area contributed by atoms with Gasteiger partial charge >= 0.3 is 6.29 Å². The summed E-state index contributed by atoms with van der Waals surface area (Å²) in [6.45, 7) is 0. The zero-order valence-corrected chi connectivity index (χ0v) is 28.8. The molecule has 9 rings (SSSR count). The van der Waals surface area contributed by atoms with Crippen molar-refractivity contribution in [3.05, 3.63) is 118 Å². The fourth-order valence-electron chi connectivity index (χ4n) is 7.79. The maximum absolute atomic E-state index is 13.8. The fraction of sp³-hybridized carbons (Fsp3) is 0.350. The average molecular weight is 728 g/mol. The van der Waals surface area contributed by atoms with Crippen LogP contribution in [0.25, 0.3) is 0 Å². The Labute approximate surface area is 304 Å². The molecule has 0 aromatic heterocycles.